The van der Waals surface area contributed by atoms with E-state index in [9.17, 15) is 0 Å². The highest BCUT2D eigenvalue weighted by Gasteiger charge is 2.15. The minimum absolute atomic E-state index is 0.381. The van der Waals surface area contributed by atoms with Crippen LogP contribution >= 0.6 is 0 Å². The molecule has 1 heterocycles. The maximum atomic E-state index is 4.49. The number of hydrogen-bond acceptors (Lipinski definition) is 3. The van der Waals surface area contributed by atoms with Gasteiger partial charge in [-0.2, -0.15) is 5.10 Å². The van der Waals surface area contributed by atoms with Gasteiger partial charge in [0.15, 0.2) is 0 Å². The normalized spacial score (nSPS) is 13.4. The summed E-state index contributed by atoms with van der Waals surface area (Å²) in [5.74, 6) is 0. The average Bonchev–Trinajstić information content (AvgIpc) is 2.62. The molecule has 1 rings (SSSR count). The maximum Gasteiger partial charge on any atom is 0.0644 e. The Balaban J connectivity index is 2.32. The van der Waals surface area contributed by atoms with Crippen molar-refractivity contribution >= 4 is 0 Å². The smallest absolute Gasteiger partial charge is 0.0644 e. The zero-order valence-electron chi connectivity index (χ0n) is 14.3. The van der Waals surface area contributed by atoms with Gasteiger partial charge in [0, 0.05) is 30.4 Å². The molecule has 0 fully saturated rings. The molecule has 0 radical (unpaired) electrons. The highest BCUT2D eigenvalue weighted by Crippen LogP contribution is 2.20. The summed E-state index contributed by atoms with van der Waals surface area (Å²) in [4.78, 5) is 2.40. The zero-order chi connectivity index (χ0) is 15.3. The van der Waals surface area contributed by atoms with Gasteiger partial charge in [-0.25, -0.2) is 0 Å². The summed E-state index contributed by atoms with van der Waals surface area (Å²) >= 11 is 0. The fourth-order valence-corrected chi connectivity index (χ4v) is 2.58. The molecule has 0 saturated heterocycles. The largest absolute Gasteiger partial charge is 0.310 e. The summed E-state index contributed by atoms with van der Waals surface area (Å²) in [5, 5.41) is 8.11. The lowest BCUT2D eigenvalue weighted by Gasteiger charge is -2.21. The fourth-order valence-electron chi connectivity index (χ4n) is 2.58. The molecule has 20 heavy (non-hydrogen) atoms. The summed E-state index contributed by atoms with van der Waals surface area (Å²) in [6.07, 6.45) is 2.47. The molecular weight excluding hydrogens is 248 g/mol. The van der Waals surface area contributed by atoms with Crippen LogP contribution in [0.5, 0.6) is 0 Å². The lowest BCUT2D eigenvalue weighted by Crippen LogP contribution is -2.28. The Morgan fingerprint density at radius 2 is 1.85 bits per heavy atom. The first kappa shape index (κ1) is 17.2. The Bertz CT molecular complexity index is 409. The van der Waals surface area contributed by atoms with E-state index in [4.69, 9.17) is 0 Å². The molecule has 4 heteroatoms. The molecule has 1 N–H and O–H groups in total. The van der Waals surface area contributed by atoms with Crippen LogP contribution in [0.2, 0.25) is 0 Å². The predicted octanol–water partition coefficient (Wildman–Crippen LogP) is 2.81. The zero-order valence-corrected chi connectivity index (χ0v) is 14.3. The third-order valence-corrected chi connectivity index (χ3v) is 4.27. The molecule has 1 atom stereocenters. The standard InChI is InChI=1S/C16H32N4/c1-12(2)19(6)11-9-8-10-17-13(3)16-14(4)18-20(7)15(16)5/h12-13,17H,8-11H2,1-7H3. The molecule has 0 amide bonds. The van der Waals surface area contributed by atoms with E-state index in [0.29, 0.717) is 12.1 Å². The van der Waals surface area contributed by atoms with Crippen LogP contribution in [0.1, 0.15) is 56.6 Å². The lowest BCUT2D eigenvalue weighted by atomic mass is 10.1. The number of aryl methyl sites for hydroxylation is 2. The number of rotatable bonds is 8. The topological polar surface area (TPSA) is 33.1 Å². The van der Waals surface area contributed by atoms with Crippen molar-refractivity contribution < 1.29 is 0 Å². The monoisotopic (exact) mass is 280 g/mol. The van der Waals surface area contributed by atoms with Crippen molar-refractivity contribution in [3.8, 4) is 0 Å². The van der Waals surface area contributed by atoms with Gasteiger partial charge in [0.05, 0.1) is 5.69 Å². The molecule has 1 aromatic rings. The van der Waals surface area contributed by atoms with E-state index in [0.717, 1.165) is 12.2 Å². The summed E-state index contributed by atoms with van der Waals surface area (Å²) in [6.45, 7) is 13.2. The van der Waals surface area contributed by atoms with E-state index in [1.807, 2.05) is 11.7 Å². The van der Waals surface area contributed by atoms with Gasteiger partial charge in [-0.3, -0.25) is 4.68 Å². The fraction of sp³-hybridized carbons (Fsp3) is 0.812. The van der Waals surface area contributed by atoms with Gasteiger partial charge < -0.3 is 10.2 Å². The molecule has 4 nitrogen and oxygen atoms in total. The first-order valence-corrected chi connectivity index (χ1v) is 7.78. The molecule has 0 aromatic carbocycles. The van der Waals surface area contributed by atoms with Gasteiger partial charge in [0.1, 0.15) is 0 Å². The van der Waals surface area contributed by atoms with E-state index in [1.165, 1.54) is 30.6 Å². The maximum absolute atomic E-state index is 4.49. The molecule has 0 bridgehead atoms. The number of nitrogens with zero attached hydrogens (tertiary/aromatic N) is 3. The van der Waals surface area contributed by atoms with Crippen molar-refractivity contribution in [2.45, 2.75) is 59.5 Å². The summed E-state index contributed by atoms with van der Waals surface area (Å²) in [6, 6.07) is 1.02. The minimum Gasteiger partial charge on any atom is -0.310 e. The molecule has 0 aliphatic carbocycles. The van der Waals surface area contributed by atoms with Crippen molar-refractivity contribution in [3.05, 3.63) is 17.0 Å². The average molecular weight is 280 g/mol. The van der Waals surface area contributed by atoms with Crippen molar-refractivity contribution in [3.63, 3.8) is 0 Å². The molecule has 1 aromatic heterocycles. The molecular formula is C16H32N4. The minimum atomic E-state index is 0.381. The van der Waals surface area contributed by atoms with Gasteiger partial charge in [0.25, 0.3) is 0 Å². The Hall–Kier alpha value is -0.870. The lowest BCUT2D eigenvalue weighted by molar-refractivity contribution is 0.267. The Labute approximate surface area is 124 Å². The van der Waals surface area contributed by atoms with Crippen LogP contribution in [0.4, 0.5) is 0 Å². The van der Waals surface area contributed by atoms with Crippen LogP contribution in [-0.4, -0.2) is 40.9 Å². The van der Waals surface area contributed by atoms with Crippen molar-refractivity contribution in [2.75, 3.05) is 20.1 Å². The number of unbranched alkanes of at least 4 members (excludes halogenated alkanes) is 1. The Kier molecular flexibility index (Phi) is 6.69. The molecule has 0 saturated carbocycles. The third kappa shape index (κ3) is 4.60. The second-order valence-electron chi connectivity index (χ2n) is 6.17. The van der Waals surface area contributed by atoms with E-state index < -0.39 is 0 Å². The summed E-state index contributed by atoms with van der Waals surface area (Å²) < 4.78 is 1.97. The third-order valence-electron chi connectivity index (χ3n) is 4.27. The SMILES string of the molecule is Cc1nn(C)c(C)c1C(C)NCCCCN(C)C(C)C. The van der Waals surface area contributed by atoms with Gasteiger partial charge in [0.2, 0.25) is 0 Å². The van der Waals surface area contributed by atoms with Crippen molar-refractivity contribution in [2.24, 2.45) is 7.05 Å². The number of nitrogens with one attached hydrogen (secondary N) is 1. The van der Waals surface area contributed by atoms with Crippen LogP contribution in [0.3, 0.4) is 0 Å². The number of aromatic nitrogens is 2. The Morgan fingerprint density at radius 1 is 1.20 bits per heavy atom. The van der Waals surface area contributed by atoms with E-state index in [1.54, 1.807) is 0 Å². The van der Waals surface area contributed by atoms with Crippen LogP contribution in [0.25, 0.3) is 0 Å². The van der Waals surface area contributed by atoms with E-state index in [-0.39, 0.29) is 0 Å². The van der Waals surface area contributed by atoms with Gasteiger partial charge in [-0.15, -0.1) is 0 Å². The van der Waals surface area contributed by atoms with E-state index >= 15 is 0 Å². The quantitative estimate of drug-likeness (QED) is 0.743. The van der Waals surface area contributed by atoms with Crippen LogP contribution in [0, 0.1) is 13.8 Å². The molecule has 0 aliphatic rings. The highest BCUT2D eigenvalue weighted by atomic mass is 15.3. The van der Waals surface area contributed by atoms with Crippen molar-refractivity contribution in [1.82, 2.24) is 20.0 Å². The second-order valence-corrected chi connectivity index (χ2v) is 6.17. The molecule has 116 valence electrons. The highest BCUT2D eigenvalue weighted by molar-refractivity contribution is 5.27. The molecule has 0 spiro atoms. The first-order valence-electron chi connectivity index (χ1n) is 7.78. The predicted molar refractivity (Wildman–Crippen MR) is 86.1 cm³/mol. The van der Waals surface area contributed by atoms with Gasteiger partial charge >= 0.3 is 0 Å². The Morgan fingerprint density at radius 3 is 2.35 bits per heavy atom. The molecule has 1 unspecified atom stereocenters. The van der Waals surface area contributed by atoms with Gasteiger partial charge in [-0.1, -0.05) is 0 Å². The second kappa shape index (κ2) is 7.79. The van der Waals surface area contributed by atoms with E-state index in [2.05, 4.69) is 57.0 Å². The van der Waals surface area contributed by atoms with Crippen molar-refractivity contribution in [1.29, 1.82) is 0 Å². The van der Waals surface area contributed by atoms with Crippen LogP contribution in [0.15, 0.2) is 0 Å². The number of hydrogen-bond donors (Lipinski definition) is 1. The first-order chi connectivity index (χ1) is 9.34. The summed E-state index contributed by atoms with van der Waals surface area (Å²) in [7, 11) is 4.21. The summed E-state index contributed by atoms with van der Waals surface area (Å²) in [5.41, 5.74) is 3.76. The van der Waals surface area contributed by atoms with Gasteiger partial charge in [-0.05, 0) is 67.6 Å². The van der Waals surface area contributed by atoms with Crippen LogP contribution in [-0.2, 0) is 7.05 Å². The molecule has 0 aliphatic heterocycles. The van der Waals surface area contributed by atoms with Crippen LogP contribution < -0.4 is 5.32 Å².